The number of H-pyrrole nitrogens is 1. The second-order valence-corrected chi connectivity index (χ2v) is 4.94. The van der Waals surface area contributed by atoms with Gasteiger partial charge in [-0.1, -0.05) is 0 Å². The fraction of sp³-hybridized carbons (Fsp3) is 0.600. The van der Waals surface area contributed by atoms with Crippen molar-refractivity contribution in [3.05, 3.63) is 22.9 Å². The molecule has 3 atom stereocenters. The van der Waals surface area contributed by atoms with Gasteiger partial charge in [0.05, 0.1) is 18.8 Å². The van der Waals surface area contributed by atoms with Crippen molar-refractivity contribution in [2.45, 2.75) is 29.6 Å². The molecule has 1 aliphatic rings. The van der Waals surface area contributed by atoms with Crippen molar-refractivity contribution in [3.63, 3.8) is 0 Å². The standard InChI is InChI=1S/C10H14N2O4S/c13-4-9-8(14)1-6(16-9)5-17-7-2-11-10(15)12-3-7/h2-3,6,8-9,13-14H,1,4-5H2,(H,11,12,15)/t6-,8+,9-/m1/s1. The van der Waals surface area contributed by atoms with Crippen LogP contribution in [0.4, 0.5) is 0 Å². The van der Waals surface area contributed by atoms with E-state index in [1.54, 1.807) is 6.20 Å². The zero-order chi connectivity index (χ0) is 12.3. The Morgan fingerprint density at radius 1 is 1.65 bits per heavy atom. The molecule has 1 aliphatic heterocycles. The minimum absolute atomic E-state index is 0.0842. The van der Waals surface area contributed by atoms with E-state index in [2.05, 4.69) is 9.97 Å². The summed E-state index contributed by atoms with van der Waals surface area (Å²) in [5.74, 6) is 0.654. The molecule has 0 amide bonds. The van der Waals surface area contributed by atoms with Gasteiger partial charge in [-0.15, -0.1) is 11.8 Å². The van der Waals surface area contributed by atoms with Gasteiger partial charge in [-0.2, -0.15) is 0 Å². The van der Waals surface area contributed by atoms with Gasteiger partial charge in [-0.05, 0) is 0 Å². The first-order chi connectivity index (χ1) is 8.19. The number of hydrogen-bond acceptors (Lipinski definition) is 6. The maximum absolute atomic E-state index is 10.7. The second-order valence-electron chi connectivity index (χ2n) is 3.85. The summed E-state index contributed by atoms with van der Waals surface area (Å²) in [5.41, 5.74) is -0.373. The van der Waals surface area contributed by atoms with Gasteiger partial charge < -0.3 is 19.9 Å². The topological polar surface area (TPSA) is 95.4 Å². The minimum atomic E-state index is -0.598. The second kappa shape index (κ2) is 5.63. The van der Waals surface area contributed by atoms with Crippen molar-refractivity contribution in [2.24, 2.45) is 0 Å². The van der Waals surface area contributed by atoms with Crippen LogP contribution >= 0.6 is 11.8 Å². The van der Waals surface area contributed by atoms with Gasteiger partial charge in [0.2, 0.25) is 0 Å². The molecule has 0 radical (unpaired) electrons. The largest absolute Gasteiger partial charge is 0.394 e. The van der Waals surface area contributed by atoms with E-state index in [1.165, 1.54) is 18.0 Å². The predicted molar refractivity (Wildman–Crippen MR) is 62.0 cm³/mol. The molecular formula is C10H14N2O4S. The predicted octanol–water partition coefficient (Wildman–Crippen LogP) is -0.627. The molecule has 94 valence electrons. The molecule has 0 bridgehead atoms. The van der Waals surface area contributed by atoms with E-state index in [-0.39, 0.29) is 18.4 Å². The van der Waals surface area contributed by atoms with Crippen LogP contribution in [0.5, 0.6) is 0 Å². The van der Waals surface area contributed by atoms with E-state index in [1.807, 2.05) is 0 Å². The van der Waals surface area contributed by atoms with Crippen LogP contribution in [-0.2, 0) is 4.74 Å². The molecule has 1 fully saturated rings. The molecule has 7 heteroatoms. The fourth-order valence-electron chi connectivity index (χ4n) is 1.68. The monoisotopic (exact) mass is 258 g/mol. The van der Waals surface area contributed by atoms with Crippen molar-refractivity contribution < 1.29 is 14.9 Å². The summed E-state index contributed by atoms with van der Waals surface area (Å²) >= 11 is 1.49. The minimum Gasteiger partial charge on any atom is -0.394 e. The number of nitrogens with one attached hydrogen (secondary N) is 1. The number of aliphatic hydroxyl groups is 2. The number of rotatable bonds is 4. The maximum Gasteiger partial charge on any atom is 0.344 e. The molecule has 0 aromatic carbocycles. The number of aliphatic hydroxyl groups excluding tert-OH is 2. The summed E-state index contributed by atoms with van der Waals surface area (Å²) in [6.07, 6.45) is 2.45. The van der Waals surface area contributed by atoms with Crippen LogP contribution in [0.1, 0.15) is 6.42 Å². The Kier molecular flexibility index (Phi) is 4.16. The molecule has 1 saturated heterocycles. The number of nitrogens with zero attached hydrogens (tertiary/aromatic N) is 1. The molecule has 0 spiro atoms. The highest BCUT2D eigenvalue weighted by atomic mass is 32.2. The molecule has 1 aromatic heterocycles. The van der Waals surface area contributed by atoms with Gasteiger partial charge in [-0.25, -0.2) is 9.78 Å². The third kappa shape index (κ3) is 3.29. The van der Waals surface area contributed by atoms with Gasteiger partial charge in [0.15, 0.2) is 0 Å². The Morgan fingerprint density at radius 2 is 2.47 bits per heavy atom. The number of ether oxygens (including phenoxy) is 1. The molecule has 6 nitrogen and oxygen atoms in total. The lowest BCUT2D eigenvalue weighted by atomic mass is 10.1. The Hall–Kier alpha value is -0.890. The van der Waals surface area contributed by atoms with Gasteiger partial charge in [-0.3, -0.25) is 0 Å². The molecule has 0 aliphatic carbocycles. The average molecular weight is 258 g/mol. The Morgan fingerprint density at radius 3 is 3.06 bits per heavy atom. The number of aromatic nitrogens is 2. The van der Waals surface area contributed by atoms with Crippen molar-refractivity contribution in [1.29, 1.82) is 0 Å². The van der Waals surface area contributed by atoms with Crippen LogP contribution in [-0.4, -0.2) is 50.9 Å². The van der Waals surface area contributed by atoms with Crippen molar-refractivity contribution in [3.8, 4) is 0 Å². The summed E-state index contributed by atoms with van der Waals surface area (Å²) in [4.78, 5) is 17.7. The molecule has 2 heterocycles. The third-order valence-electron chi connectivity index (χ3n) is 2.56. The zero-order valence-corrected chi connectivity index (χ0v) is 9.89. The van der Waals surface area contributed by atoms with Gasteiger partial charge >= 0.3 is 5.69 Å². The van der Waals surface area contributed by atoms with Gasteiger partial charge in [0, 0.05) is 29.5 Å². The highest BCUT2D eigenvalue weighted by Gasteiger charge is 2.33. The van der Waals surface area contributed by atoms with E-state index in [4.69, 9.17) is 9.84 Å². The summed E-state index contributed by atoms with van der Waals surface area (Å²) in [6, 6.07) is 0. The third-order valence-corrected chi connectivity index (χ3v) is 3.66. The van der Waals surface area contributed by atoms with Gasteiger partial charge in [0.25, 0.3) is 0 Å². The molecule has 3 N–H and O–H groups in total. The van der Waals surface area contributed by atoms with Crippen LogP contribution in [0.15, 0.2) is 22.1 Å². The number of thioether (sulfide) groups is 1. The smallest absolute Gasteiger partial charge is 0.344 e. The summed E-state index contributed by atoms with van der Waals surface area (Å²) in [7, 11) is 0. The first-order valence-corrected chi connectivity index (χ1v) is 6.29. The Balaban J connectivity index is 1.83. The Labute approximate surface area is 102 Å². The molecule has 0 saturated carbocycles. The van der Waals surface area contributed by atoms with Crippen molar-refractivity contribution in [2.75, 3.05) is 12.4 Å². The summed E-state index contributed by atoms with van der Waals surface area (Å²) in [6.45, 7) is -0.164. The van der Waals surface area contributed by atoms with E-state index in [9.17, 15) is 9.90 Å². The van der Waals surface area contributed by atoms with Gasteiger partial charge in [0.1, 0.15) is 6.10 Å². The lowest BCUT2D eigenvalue weighted by Crippen LogP contribution is -2.24. The molecule has 2 rings (SSSR count). The van der Waals surface area contributed by atoms with E-state index < -0.39 is 12.2 Å². The molecule has 0 unspecified atom stereocenters. The van der Waals surface area contributed by atoms with E-state index >= 15 is 0 Å². The number of aromatic amines is 1. The summed E-state index contributed by atoms with van der Waals surface area (Å²) in [5, 5.41) is 18.5. The van der Waals surface area contributed by atoms with Crippen molar-refractivity contribution in [1.82, 2.24) is 9.97 Å². The molecule has 17 heavy (non-hydrogen) atoms. The fourth-order valence-corrected chi connectivity index (χ4v) is 2.55. The van der Waals surface area contributed by atoms with E-state index in [0.717, 1.165) is 4.90 Å². The van der Waals surface area contributed by atoms with Crippen molar-refractivity contribution >= 4 is 11.8 Å². The normalized spacial score (nSPS) is 28.5. The lowest BCUT2D eigenvalue weighted by molar-refractivity contribution is -0.0159. The maximum atomic E-state index is 10.7. The molecule has 1 aromatic rings. The number of hydrogen-bond donors (Lipinski definition) is 3. The van der Waals surface area contributed by atoms with Crippen LogP contribution in [0, 0.1) is 0 Å². The SMILES string of the molecule is O=c1ncc(SC[C@H]2C[C@H](O)[C@@H](CO)O2)c[nH]1. The first kappa shape index (κ1) is 12.6. The average Bonchev–Trinajstić information content (AvgIpc) is 2.69. The van der Waals surface area contributed by atoms with E-state index in [0.29, 0.717) is 12.2 Å². The highest BCUT2D eigenvalue weighted by molar-refractivity contribution is 7.99. The summed E-state index contributed by atoms with van der Waals surface area (Å²) < 4.78 is 5.46. The van der Waals surface area contributed by atoms with Crippen LogP contribution < -0.4 is 5.69 Å². The lowest BCUT2D eigenvalue weighted by Gasteiger charge is -2.11. The molecular weight excluding hydrogens is 244 g/mol. The van der Waals surface area contributed by atoms with Crippen LogP contribution in [0.25, 0.3) is 0 Å². The highest BCUT2D eigenvalue weighted by Crippen LogP contribution is 2.25. The quantitative estimate of drug-likeness (QED) is 0.623. The Bertz CT molecular complexity index is 405. The zero-order valence-electron chi connectivity index (χ0n) is 9.07. The van der Waals surface area contributed by atoms with Crippen LogP contribution in [0.2, 0.25) is 0 Å². The first-order valence-electron chi connectivity index (χ1n) is 5.31. The van der Waals surface area contributed by atoms with Crippen LogP contribution in [0.3, 0.4) is 0 Å².